The van der Waals surface area contributed by atoms with Gasteiger partial charge in [0.2, 0.25) is 9.05 Å². The fourth-order valence-corrected chi connectivity index (χ4v) is 1.58. The maximum atomic E-state index is 12.6. The molecule has 0 bridgehead atoms. The fraction of sp³-hybridized carbons (Fsp3) is 0.286. The van der Waals surface area contributed by atoms with E-state index in [1.807, 2.05) is 0 Å². The molecule has 1 rings (SSSR count). The molecule has 0 saturated heterocycles. The molecule has 0 aliphatic heterocycles. The van der Waals surface area contributed by atoms with Gasteiger partial charge >= 0.3 is 0 Å². The molecular weight excluding hydrogens is 217 g/mol. The van der Waals surface area contributed by atoms with E-state index in [4.69, 9.17) is 10.7 Å². The topological polar surface area (TPSA) is 47.0 Å². The minimum atomic E-state index is -3.71. The molecule has 3 nitrogen and oxygen atoms in total. The predicted molar refractivity (Wildman–Crippen MR) is 47.4 cm³/mol. The molecule has 0 fully saturated rings. The number of hydrogen-bond acceptors (Lipinski definition) is 3. The van der Waals surface area contributed by atoms with Gasteiger partial charge in [-0.3, -0.25) is 4.98 Å². The summed E-state index contributed by atoms with van der Waals surface area (Å²) in [7, 11) is 1.39. The molecule has 0 radical (unpaired) electrons. The molecule has 0 amide bonds. The van der Waals surface area contributed by atoms with E-state index >= 15 is 0 Å². The van der Waals surface area contributed by atoms with Crippen LogP contribution in [0.1, 0.15) is 17.7 Å². The zero-order valence-corrected chi connectivity index (χ0v) is 8.31. The first-order chi connectivity index (χ1) is 5.91. The normalized spacial score (nSPS) is 14.1. The number of pyridine rings is 1. The van der Waals surface area contributed by atoms with Crippen molar-refractivity contribution in [1.82, 2.24) is 4.98 Å². The third kappa shape index (κ3) is 2.63. The second kappa shape index (κ2) is 3.59. The minimum absolute atomic E-state index is 0.245. The van der Waals surface area contributed by atoms with Crippen molar-refractivity contribution < 1.29 is 12.8 Å². The zero-order valence-electron chi connectivity index (χ0n) is 6.74. The summed E-state index contributed by atoms with van der Waals surface area (Å²) in [5.74, 6) is -0.579. The van der Waals surface area contributed by atoms with Crippen molar-refractivity contribution in [3.05, 3.63) is 29.8 Å². The van der Waals surface area contributed by atoms with Crippen LogP contribution in [0.4, 0.5) is 4.39 Å². The molecule has 1 unspecified atom stereocenters. The van der Waals surface area contributed by atoms with E-state index in [2.05, 4.69) is 4.98 Å². The van der Waals surface area contributed by atoms with Crippen molar-refractivity contribution in [2.24, 2.45) is 0 Å². The largest absolute Gasteiger partial charge is 0.261 e. The summed E-state index contributed by atoms with van der Waals surface area (Å²) >= 11 is 0. The highest BCUT2D eigenvalue weighted by Gasteiger charge is 2.20. The van der Waals surface area contributed by atoms with Gasteiger partial charge in [0.05, 0.1) is 11.4 Å². The first kappa shape index (κ1) is 10.4. The van der Waals surface area contributed by atoms with E-state index in [9.17, 15) is 12.8 Å². The molecule has 72 valence electrons. The summed E-state index contributed by atoms with van der Waals surface area (Å²) in [5.41, 5.74) is 0.245. The Morgan fingerprint density at radius 2 is 2.15 bits per heavy atom. The van der Waals surface area contributed by atoms with Gasteiger partial charge in [0, 0.05) is 16.9 Å². The highest BCUT2D eigenvalue weighted by molar-refractivity contribution is 8.13. The van der Waals surface area contributed by atoms with E-state index in [1.165, 1.54) is 13.1 Å². The zero-order chi connectivity index (χ0) is 10.1. The van der Waals surface area contributed by atoms with Crippen LogP contribution in [0.25, 0.3) is 0 Å². The lowest BCUT2D eigenvalue weighted by Crippen LogP contribution is -2.03. The first-order valence-electron chi connectivity index (χ1n) is 3.45. The molecule has 1 aromatic heterocycles. The number of rotatable bonds is 2. The SMILES string of the molecule is CC(c1cncc(F)c1)S(=O)(=O)Cl. The predicted octanol–water partition coefficient (Wildman–Crippen LogP) is 1.85. The van der Waals surface area contributed by atoms with Crippen molar-refractivity contribution in [3.63, 3.8) is 0 Å². The first-order valence-corrected chi connectivity index (χ1v) is 5.82. The maximum absolute atomic E-state index is 12.6. The van der Waals surface area contributed by atoms with Crippen LogP contribution in [0.15, 0.2) is 18.5 Å². The summed E-state index contributed by atoms with van der Waals surface area (Å²) in [6.45, 7) is 1.37. The number of halogens is 2. The summed E-state index contributed by atoms with van der Waals surface area (Å²) in [5, 5.41) is -0.947. The van der Waals surface area contributed by atoms with Crippen molar-refractivity contribution in [1.29, 1.82) is 0 Å². The average molecular weight is 224 g/mol. The molecule has 13 heavy (non-hydrogen) atoms. The molecule has 0 N–H and O–H groups in total. The van der Waals surface area contributed by atoms with Gasteiger partial charge in [0.25, 0.3) is 0 Å². The lowest BCUT2D eigenvalue weighted by Gasteiger charge is -2.06. The quantitative estimate of drug-likeness (QED) is 0.719. The molecule has 0 aromatic carbocycles. The van der Waals surface area contributed by atoms with Gasteiger partial charge in [-0.05, 0) is 18.6 Å². The van der Waals surface area contributed by atoms with E-state index in [1.54, 1.807) is 0 Å². The molecule has 1 heterocycles. The monoisotopic (exact) mass is 223 g/mol. The van der Waals surface area contributed by atoms with Crippen molar-refractivity contribution >= 4 is 19.7 Å². The van der Waals surface area contributed by atoms with Crippen molar-refractivity contribution in [3.8, 4) is 0 Å². The average Bonchev–Trinajstić information content (AvgIpc) is 2.01. The van der Waals surface area contributed by atoms with Gasteiger partial charge in [-0.25, -0.2) is 12.8 Å². The smallest absolute Gasteiger partial charge is 0.239 e. The summed E-state index contributed by atoms with van der Waals surface area (Å²) in [6.07, 6.45) is 2.27. The summed E-state index contributed by atoms with van der Waals surface area (Å²) in [4.78, 5) is 3.52. The van der Waals surface area contributed by atoms with Crippen LogP contribution >= 0.6 is 10.7 Å². The van der Waals surface area contributed by atoms with Gasteiger partial charge in [-0.15, -0.1) is 0 Å². The third-order valence-corrected chi connectivity index (χ3v) is 3.54. The molecule has 0 aliphatic carbocycles. The van der Waals surface area contributed by atoms with Gasteiger partial charge in [-0.2, -0.15) is 0 Å². The fourth-order valence-electron chi connectivity index (χ4n) is 0.813. The highest BCUT2D eigenvalue weighted by Crippen LogP contribution is 2.24. The van der Waals surface area contributed by atoms with Crippen LogP contribution in [0.3, 0.4) is 0 Å². The van der Waals surface area contributed by atoms with E-state index in [0.29, 0.717) is 0 Å². The van der Waals surface area contributed by atoms with Crippen LogP contribution in [-0.4, -0.2) is 13.4 Å². The lowest BCUT2D eigenvalue weighted by molar-refractivity contribution is 0.597. The molecule has 0 saturated carbocycles. The molecule has 6 heteroatoms. The lowest BCUT2D eigenvalue weighted by atomic mass is 10.2. The van der Waals surface area contributed by atoms with Gasteiger partial charge in [0.15, 0.2) is 0 Å². The number of hydrogen-bond donors (Lipinski definition) is 0. The molecule has 0 aliphatic rings. The Labute approximate surface area is 80.0 Å². The Morgan fingerprint density at radius 1 is 1.54 bits per heavy atom. The summed E-state index contributed by atoms with van der Waals surface area (Å²) < 4.78 is 34.3. The van der Waals surface area contributed by atoms with Crippen molar-refractivity contribution in [2.45, 2.75) is 12.2 Å². The van der Waals surface area contributed by atoms with Crippen LogP contribution in [-0.2, 0) is 9.05 Å². The Kier molecular flexibility index (Phi) is 2.87. The Bertz CT molecular complexity index is 407. The third-order valence-electron chi connectivity index (χ3n) is 1.62. The van der Waals surface area contributed by atoms with Gasteiger partial charge in [-0.1, -0.05) is 0 Å². The molecule has 0 spiro atoms. The molecule has 1 atom stereocenters. The Balaban J connectivity index is 3.10. The molecular formula is C7H7ClFNO2S. The second-order valence-corrected chi connectivity index (χ2v) is 5.50. The Morgan fingerprint density at radius 3 is 2.62 bits per heavy atom. The second-order valence-electron chi connectivity index (χ2n) is 2.55. The minimum Gasteiger partial charge on any atom is -0.261 e. The molecule has 1 aromatic rings. The van der Waals surface area contributed by atoms with Crippen molar-refractivity contribution in [2.75, 3.05) is 0 Å². The standard InChI is InChI=1S/C7H7ClFNO2S/c1-5(13(8,11)12)6-2-7(9)4-10-3-6/h2-5H,1H3. The van der Waals surface area contributed by atoms with Crippen LogP contribution < -0.4 is 0 Å². The Hall–Kier alpha value is -0.680. The van der Waals surface area contributed by atoms with Crippen LogP contribution in [0, 0.1) is 5.82 Å². The van der Waals surface area contributed by atoms with E-state index < -0.39 is 20.1 Å². The maximum Gasteiger partial charge on any atom is 0.239 e. The van der Waals surface area contributed by atoms with Crippen LogP contribution in [0.5, 0.6) is 0 Å². The summed E-state index contributed by atoms with van der Waals surface area (Å²) in [6, 6.07) is 1.09. The van der Waals surface area contributed by atoms with Gasteiger partial charge < -0.3 is 0 Å². The van der Waals surface area contributed by atoms with Gasteiger partial charge in [0.1, 0.15) is 5.82 Å². The van der Waals surface area contributed by atoms with E-state index in [-0.39, 0.29) is 5.56 Å². The van der Waals surface area contributed by atoms with Crippen LogP contribution in [0.2, 0.25) is 0 Å². The van der Waals surface area contributed by atoms with E-state index in [0.717, 1.165) is 12.3 Å². The number of nitrogens with zero attached hydrogens (tertiary/aromatic N) is 1. The highest BCUT2D eigenvalue weighted by atomic mass is 35.7. The number of aromatic nitrogens is 1.